The van der Waals surface area contributed by atoms with Crippen LogP contribution in [0.1, 0.15) is 38.5 Å². The van der Waals surface area contributed by atoms with Crippen molar-refractivity contribution in [3.05, 3.63) is 0 Å². The standard InChI is InChI=1S/C15H26N4O5/c1-18(2)11(5-3-4-9-16)15(23)17-10-8-14(22)24-19-12(20)6-7-13(19)21/h11H,3-10,16H2,1-2H3,(H,17,23)/i1+1,9+1,16+1. The van der Waals surface area contributed by atoms with Gasteiger partial charge >= 0.3 is 5.97 Å². The van der Waals surface area contributed by atoms with Gasteiger partial charge in [0.1, 0.15) is 0 Å². The van der Waals surface area contributed by atoms with Crippen LogP contribution in [0, 0.1) is 0 Å². The molecule has 1 fully saturated rings. The Balaban J connectivity index is 2.33. The van der Waals surface area contributed by atoms with Gasteiger partial charge in [0.2, 0.25) is 5.91 Å². The number of nitrogens with zero attached hydrogens (tertiary/aromatic N) is 2. The Kier molecular flexibility index (Phi) is 8.34. The van der Waals surface area contributed by atoms with E-state index in [1.807, 2.05) is 19.0 Å². The first-order valence-corrected chi connectivity index (χ1v) is 8.07. The van der Waals surface area contributed by atoms with Crippen LogP contribution in [0.25, 0.3) is 0 Å². The van der Waals surface area contributed by atoms with Gasteiger partial charge in [0.25, 0.3) is 11.8 Å². The van der Waals surface area contributed by atoms with Crippen LogP contribution in [0.15, 0.2) is 0 Å². The monoisotopic (exact) mass is 345 g/mol. The van der Waals surface area contributed by atoms with Crippen LogP contribution in [0.2, 0.25) is 0 Å². The summed E-state index contributed by atoms with van der Waals surface area (Å²) in [6.45, 7) is 0.663. The topological polar surface area (TPSA) is 122 Å². The first-order valence-electron chi connectivity index (χ1n) is 8.07. The van der Waals surface area contributed by atoms with E-state index in [2.05, 4.69) is 5.32 Å². The summed E-state index contributed by atoms with van der Waals surface area (Å²) in [5.74, 6) is -1.96. The second-order valence-electron chi connectivity index (χ2n) is 5.85. The number of amides is 3. The highest BCUT2D eigenvalue weighted by Gasteiger charge is 2.32. The third-order valence-corrected chi connectivity index (χ3v) is 3.68. The molecule has 3 amide bonds. The molecule has 1 atom stereocenters. The molecule has 1 aliphatic rings. The number of carbonyl (C=O) groups is 4. The largest absolute Gasteiger partial charge is 0.354 e. The number of hydrogen-bond donors (Lipinski definition) is 2. The number of rotatable bonds is 10. The number of unbranched alkanes of at least 4 members (excludes halogenated alkanes) is 1. The Bertz CT molecular complexity index is 464. The molecule has 1 saturated heterocycles. The number of hydroxylamine groups is 2. The fraction of sp³-hybridized carbons (Fsp3) is 0.733. The summed E-state index contributed by atoms with van der Waals surface area (Å²) >= 11 is 0. The number of hydrogen-bond acceptors (Lipinski definition) is 7. The summed E-state index contributed by atoms with van der Waals surface area (Å²) in [4.78, 5) is 53.0. The molecule has 1 rings (SSSR count). The minimum Gasteiger partial charge on any atom is -0.354 e. The van der Waals surface area contributed by atoms with E-state index in [1.165, 1.54) is 0 Å². The zero-order chi connectivity index (χ0) is 18.1. The highest BCUT2D eigenvalue weighted by molar-refractivity contribution is 6.01. The lowest BCUT2D eigenvalue weighted by molar-refractivity contribution is -0.197. The van der Waals surface area contributed by atoms with Crippen molar-refractivity contribution in [3.63, 3.8) is 0 Å². The molecule has 3 N–H and O–H groups in total. The molecular formula is C15H26N4O5. The Morgan fingerprint density at radius 3 is 2.42 bits per heavy atom. The number of imide groups is 1. The van der Waals surface area contributed by atoms with Gasteiger partial charge in [0, 0.05) is 19.4 Å². The molecule has 0 radical (unpaired) electrons. The van der Waals surface area contributed by atoms with Gasteiger partial charge in [0.15, 0.2) is 0 Å². The molecule has 0 spiro atoms. The lowest BCUT2D eigenvalue weighted by atomic mass is 10.1. The van der Waals surface area contributed by atoms with Crippen molar-refractivity contribution >= 4 is 23.7 Å². The van der Waals surface area contributed by atoms with Crippen LogP contribution in [0.4, 0.5) is 0 Å². The highest BCUT2D eigenvalue weighted by atomic mass is 16.7. The summed E-state index contributed by atoms with van der Waals surface area (Å²) in [5.41, 5.74) is 5.45. The third-order valence-electron chi connectivity index (χ3n) is 3.68. The SMILES string of the molecule is CN([13CH3])C(CCC[13CH2][15NH2])C(=O)NCCC(=O)ON1C(=O)CCC1=O. The number of carbonyl (C=O) groups excluding carboxylic acids is 4. The minimum absolute atomic E-state index is 0.0517. The normalized spacial score (nSPS) is 15.8. The van der Waals surface area contributed by atoms with Crippen LogP contribution in [-0.4, -0.2) is 66.9 Å². The van der Waals surface area contributed by atoms with Crippen molar-refractivity contribution in [1.29, 1.82) is 0 Å². The van der Waals surface area contributed by atoms with Crippen molar-refractivity contribution in [2.24, 2.45) is 5.73 Å². The Morgan fingerprint density at radius 1 is 1.25 bits per heavy atom. The quantitative estimate of drug-likeness (QED) is 0.229. The van der Waals surface area contributed by atoms with Gasteiger partial charge < -0.3 is 15.9 Å². The predicted octanol–water partition coefficient (Wildman–Crippen LogP) is -0.841. The van der Waals surface area contributed by atoms with Gasteiger partial charge in [-0.25, -0.2) is 4.79 Å². The molecule has 24 heavy (non-hydrogen) atoms. The highest BCUT2D eigenvalue weighted by Crippen LogP contribution is 2.12. The van der Waals surface area contributed by atoms with Crippen LogP contribution in [-0.2, 0) is 24.0 Å². The molecular weight excluding hydrogens is 319 g/mol. The second-order valence-corrected chi connectivity index (χ2v) is 5.85. The summed E-state index contributed by atoms with van der Waals surface area (Å²) in [6.07, 6.45) is 2.35. The van der Waals surface area contributed by atoms with Crippen LogP contribution in [0.5, 0.6) is 0 Å². The Morgan fingerprint density at radius 2 is 1.88 bits per heavy atom. The van der Waals surface area contributed by atoms with E-state index in [4.69, 9.17) is 10.6 Å². The smallest absolute Gasteiger partial charge is 0.334 e. The van der Waals surface area contributed by atoms with Gasteiger partial charge in [-0.15, -0.1) is 5.06 Å². The summed E-state index contributed by atoms with van der Waals surface area (Å²) in [5, 5.41) is 3.17. The van der Waals surface area contributed by atoms with E-state index in [0.29, 0.717) is 18.0 Å². The van der Waals surface area contributed by atoms with Crippen molar-refractivity contribution in [2.45, 2.75) is 44.6 Å². The lowest BCUT2D eigenvalue weighted by Gasteiger charge is -2.23. The van der Waals surface area contributed by atoms with Crippen molar-refractivity contribution < 1.29 is 24.0 Å². The van der Waals surface area contributed by atoms with E-state index < -0.39 is 17.8 Å². The van der Waals surface area contributed by atoms with E-state index in [-0.39, 0.29) is 37.8 Å². The van der Waals surface area contributed by atoms with Gasteiger partial charge in [-0.2, -0.15) is 0 Å². The molecule has 1 unspecified atom stereocenters. The predicted molar refractivity (Wildman–Crippen MR) is 85.2 cm³/mol. The molecule has 0 aromatic carbocycles. The Hall–Kier alpha value is -2.00. The molecule has 1 heterocycles. The fourth-order valence-electron chi connectivity index (χ4n) is 2.32. The molecule has 9 heteroatoms. The molecule has 0 bridgehead atoms. The second kappa shape index (κ2) is 9.99. The first-order chi connectivity index (χ1) is 11.4. The van der Waals surface area contributed by atoms with Gasteiger partial charge in [-0.05, 0) is 33.5 Å². The van der Waals surface area contributed by atoms with E-state index in [0.717, 1.165) is 12.8 Å². The molecule has 0 aromatic rings. The van der Waals surface area contributed by atoms with Crippen LogP contribution < -0.4 is 11.1 Å². The Labute approximate surface area is 141 Å². The van der Waals surface area contributed by atoms with Crippen LogP contribution in [0.3, 0.4) is 0 Å². The van der Waals surface area contributed by atoms with Crippen LogP contribution >= 0.6 is 0 Å². The van der Waals surface area contributed by atoms with E-state index in [9.17, 15) is 19.2 Å². The maximum absolute atomic E-state index is 12.2. The maximum atomic E-state index is 12.2. The number of likely N-dealkylation sites (N-methyl/N-ethyl adjacent to an activating group) is 1. The average Bonchev–Trinajstić information content (AvgIpc) is 2.83. The first kappa shape index (κ1) is 20.0. The summed E-state index contributed by atoms with van der Waals surface area (Å²) in [7, 11) is 3.62. The zero-order valence-corrected chi connectivity index (χ0v) is 14.2. The molecule has 9 nitrogen and oxygen atoms in total. The maximum Gasteiger partial charge on any atom is 0.334 e. The van der Waals surface area contributed by atoms with Crippen molar-refractivity contribution in [3.8, 4) is 0 Å². The third kappa shape index (κ3) is 6.25. The van der Waals surface area contributed by atoms with Crippen molar-refractivity contribution in [1.82, 2.24) is 15.3 Å². The van der Waals surface area contributed by atoms with Crippen molar-refractivity contribution in [2.75, 3.05) is 27.2 Å². The van der Waals surface area contributed by atoms with E-state index >= 15 is 0 Å². The molecule has 0 saturated carbocycles. The fourth-order valence-corrected chi connectivity index (χ4v) is 2.32. The van der Waals surface area contributed by atoms with Gasteiger partial charge in [-0.1, -0.05) is 6.42 Å². The van der Waals surface area contributed by atoms with Gasteiger partial charge in [0.05, 0.1) is 12.5 Å². The lowest BCUT2D eigenvalue weighted by Crippen LogP contribution is -2.44. The minimum atomic E-state index is -0.733. The number of nitrogens with one attached hydrogen (secondary N) is 1. The summed E-state index contributed by atoms with van der Waals surface area (Å²) < 4.78 is 0. The van der Waals surface area contributed by atoms with Gasteiger partial charge in [-0.3, -0.25) is 19.3 Å². The van der Waals surface area contributed by atoms with E-state index in [1.54, 1.807) is 0 Å². The summed E-state index contributed by atoms with van der Waals surface area (Å²) in [6, 6.07) is -0.297. The molecule has 136 valence electrons. The molecule has 0 aromatic heterocycles. The molecule has 1 aliphatic heterocycles. The molecule has 0 aliphatic carbocycles. The average molecular weight is 345 g/mol. The number of nitrogens with two attached hydrogens (primary N) is 1. The zero-order valence-electron chi connectivity index (χ0n) is 14.2.